The summed E-state index contributed by atoms with van der Waals surface area (Å²) in [7, 11) is -3.76. The molecule has 0 radical (unpaired) electrons. The zero-order chi connectivity index (χ0) is 28.9. The van der Waals surface area contributed by atoms with Crippen LogP contribution in [0.2, 0.25) is 36.3 Å². The summed E-state index contributed by atoms with van der Waals surface area (Å²) < 4.78 is 13.3. The maximum atomic E-state index is 11.2. The van der Waals surface area contributed by atoms with E-state index in [4.69, 9.17) is 14.0 Å². The number of carboxylic acid groups (broad SMARTS) is 1. The summed E-state index contributed by atoms with van der Waals surface area (Å²) in [5.41, 5.74) is 5.87. The van der Waals surface area contributed by atoms with Crippen molar-refractivity contribution in [2.75, 3.05) is 0 Å². The van der Waals surface area contributed by atoms with E-state index in [9.17, 15) is 4.79 Å². The lowest BCUT2D eigenvalue weighted by Crippen LogP contribution is -2.41. The summed E-state index contributed by atoms with van der Waals surface area (Å²) in [5, 5.41) is 11.6. The van der Waals surface area contributed by atoms with Crippen molar-refractivity contribution in [1.29, 1.82) is 0 Å². The van der Waals surface area contributed by atoms with Gasteiger partial charge in [-0.25, -0.2) is 4.79 Å². The fourth-order valence-electron chi connectivity index (χ4n) is 3.52. The highest BCUT2D eigenvalue weighted by Crippen LogP contribution is 2.39. The molecule has 0 aliphatic rings. The summed E-state index contributed by atoms with van der Waals surface area (Å²) in [6.45, 7) is 26.1. The molecule has 0 spiro atoms. The van der Waals surface area contributed by atoms with Gasteiger partial charge < -0.3 is 14.0 Å². The summed E-state index contributed by atoms with van der Waals surface area (Å²) >= 11 is 1.63. The number of carbonyl (C=O) groups is 1. The molecular formula is C31H50O4SSi2. The first-order valence-corrected chi connectivity index (χ1v) is 20.5. The molecule has 1 heterocycles. The van der Waals surface area contributed by atoms with E-state index in [1.807, 2.05) is 6.92 Å². The SMILES string of the molecule is CC/C(=C\C(=O)O)c1cc(CCc2ccc(CO[Si](C)(C)C(C)(C)C)c(CO[Si](C)(C)C(C)(C)C)c2)cs1. The monoisotopic (exact) mass is 574 g/mol. The Morgan fingerprint density at radius 1 is 0.868 bits per heavy atom. The van der Waals surface area contributed by atoms with Gasteiger partial charge in [0.15, 0.2) is 16.6 Å². The van der Waals surface area contributed by atoms with Crippen LogP contribution in [0, 0.1) is 0 Å². The molecule has 0 atom stereocenters. The van der Waals surface area contributed by atoms with Crippen molar-refractivity contribution in [3.8, 4) is 0 Å². The second-order valence-electron chi connectivity index (χ2n) is 13.4. The van der Waals surface area contributed by atoms with Crippen molar-refractivity contribution in [2.24, 2.45) is 0 Å². The van der Waals surface area contributed by atoms with Crippen LogP contribution >= 0.6 is 11.3 Å². The first-order valence-electron chi connectivity index (χ1n) is 13.8. The summed E-state index contributed by atoms with van der Waals surface area (Å²) in [6.07, 6.45) is 3.89. The molecular weight excluding hydrogens is 525 g/mol. The third-order valence-corrected chi connectivity index (χ3v) is 18.4. The predicted molar refractivity (Wildman–Crippen MR) is 168 cm³/mol. The van der Waals surface area contributed by atoms with Gasteiger partial charge in [-0.15, -0.1) is 11.3 Å². The number of hydrogen-bond donors (Lipinski definition) is 1. The van der Waals surface area contributed by atoms with Crippen molar-refractivity contribution < 1.29 is 18.8 Å². The summed E-state index contributed by atoms with van der Waals surface area (Å²) in [5.74, 6) is -0.887. The number of aryl methyl sites for hydroxylation is 2. The van der Waals surface area contributed by atoms with Crippen molar-refractivity contribution in [2.45, 2.75) is 117 Å². The van der Waals surface area contributed by atoms with Gasteiger partial charge in [-0.3, -0.25) is 0 Å². The highest BCUT2D eigenvalue weighted by molar-refractivity contribution is 7.11. The maximum absolute atomic E-state index is 11.2. The number of rotatable bonds is 12. The lowest BCUT2D eigenvalue weighted by molar-refractivity contribution is -0.131. The third-order valence-electron chi connectivity index (χ3n) is 8.41. The number of hydrogen-bond acceptors (Lipinski definition) is 4. The van der Waals surface area contributed by atoms with Gasteiger partial charge in [0.25, 0.3) is 0 Å². The molecule has 212 valence electrons. The Labute approximate surface area is 237 Å². The van der Waals surface area contributed by atoms with Crippen molar-refractivity contribution >= 4 is 39.5 Å². The lowest BCUT2D eigenvalue weighted by Gasteiger charge is -2.37. The lowest BCUT2D eigenvalue weighted by atomic mass is 10.00. The minimum atomic E-state index is -1.89. The van der Waals surface area contributed by atoms with Gasteiger partial charge in [0.1, 0.15) is 0 Å². The molecule has 2 aromatic rings. The Morgan fingerprint density at radius 2 is 1.39 bits per heavy atom. The van der Waals surface area contributed by atoms with Gasteiger partial charge in [-0.1, -0.05) is 66.7 Å². The minimum Gasteiger partial charge on any atom is -0.478 e. The molecule has 1 N–H and O–H groups in total. The van der Waals surface area contributed by atoms with Crippen LogP contribution in [-0.2, 0) is 39.7 Å². The van der Waals surface area contributed by atoms with Crippen LogP contribution in [0.25, 0.3) is 5.57 Å². The van der Waals surface area contributed by atoms with E-state index in [-0.39, 0.29) is 10.1 Å². The Balaban J connectivity index is 2.25. The molecule has 0 saturated heterocycles. The first-order chi connectivity index (χ1) is 17.4. The first kappa shape index (κ1) is 32.7. The van der Waals surface area contributed by atoms with Gasteiger partial charge in [-0.2, -0.15) is 0 Å². The van der Waals surface area contributed by atoms with Crippen molar-refractivity contribution in [3.63, 3.8) is 0 Å². The van der Waals surface area contributed by atoms with E-state index < -0.39 is 22.6 Å². The molecule has 1 aromatic heterocycles. The number of thiophene rings is 1. The van der Waals surface area contributed by atoms with E-state index in [1.54, 1.807) is 11.3 Å². The van der Waals surface area contributed by atoms with Gasteiger partial charge in [-0.05, 0) is 94.8 Å². The van der Waals surface area contributed by atoms with E-state index in [1.165, 1.54) is 28.3 Å². The third kappa shape index (κ3) is 9.02. The largest absolute Gasteiger partial charge is 0.478 e. The highest BCUT2D eigenvalue weighted by Gasteiger charge is 2.38. The van der Waals surface area contributed by atoms with Gasteiger partial charge in [0, 0.05) is 11.0 Å². The van der Waals surface area contributed by atoms with Crippen LogP contribution in [0.4, 0.5) is 0 Å². The number of aliphatic carboxylic acids is 1. The van der Waals surface area contributed by atoms with Crippen LogP contribution in [0.15, 0.2) is 35.7 Å². The van der Waals surface area contributed by atoms with Gasteiger partial charge in [0.05, 0.1) is 13.2 Å². The smallest absolute Gasteiger partial charge is 0.328 e. The minimum absolute atomic E-state index is 0.158. The summed E-state index contributed by atoms with van der Waals surface area (Å²) in [4.78, 5) is 12.2. The molecule has 4 nitrogen and oxygen atoms in total. The Kier molecular flexibility index (Phi) is 11.0. The Hall–Kier alpha value is -1.52. The predicted octanol–water partition coefficient (Wildman–Crippen LogP) is 9.45. The average molecular weight is 575 g/mol. The summed E-state index contributed by atoms with van der Waals surface area (Å²) in [6, 6.07) is 8.92. The molecule has 2 rings (SSSR count). The Bertz CT molecular complexity index is 1120. The second kappa shape index (κ2) is 12.8. The van der Waals surface area contributed by atoms with E-state index in [0.29, 0.717) is 19.6 Å². The molecule has 7 heteroatoms. The van der Waals surface area contributed by atoms with Crippen LogP contribution in [0.5, 0.6) is 0 Å². The zero-order valence-electron chi connectivity index (χ0n) is 25.6. The molecule has 0 bridgehead atoms. The topological polar surface area (TPSA) is 55.8 Å². The van der Waals surface area contributed by atoms with E-state index >= 15 is 0 Å². The second-order valence-corrected chi connectivity index (χ2v) is 23.9. The molecule has 0 aliphatic carbocycles. The van der Waals surface area contributed by atoms with Gasteiger partial charge in [0.2, 0.25) is 0 Å². The van der Waals surface area contributed by atoms with Crippen molar-refractivity contribution in [1.82, 2.24) is 0 Å². The highest BCUT2D eigenvalue weighted by atomic mass is 32.1. The molecule has 38 heavy (non-hydrogen) atoms. The number of carboxylic acids is 1. The van der Waals surface area contributed by atoms with Crippen LogP contribution < -0.4 is 0 Å². The number of benzene rings is 1. The Morgan fingerprint density at radius 3 is 1.89 bits per heavy atom. The normalized spacial score (nSPS) is 13.7. The number of allylic oxidation sites excluding steroid dienone is 1. The molecule has 1 aromatic carbocycles. The molecule has 0 amide bonds. The van der Waals surface area contributed by atoms with Crippen molar-refractivity contribution in [3.05, 3.63) is 62.9 Å². The maximum Gasteiger partial charge on any atom is 0.328 e. The van der Waals surface area contributed by atoms with Crippen LogP contribution in [0.1, 0.15) is 82.0 Å². The molecule has 0 fully saturated rings. The van der Waals surface area contributed by atoms with Crippen LogP contribution in [0.3, 0.4) is 0 Å². The molecule has 0 aliphatic heterocycles. The standard InChI is InChI=1S/C31H50O4SSi2/c1-12-25(19-29(32)33)28-18-24(22-36-28)14-13-23-15-16-26(20-34-37(8,9)30(2,3)4)27(17-23)21-35-38(10,11)31(5,6)7/h15-19,22H,12-14,20-21H2,1-11H3,(H,32,33)/b25-19+. The van der Waals surface area contributed by atoms with E-state index in [2.05, 4.69) is 97.4 Å². The quantitative estimate of drug-likeness (QED) is 0.203. The average Bonchev–Trinajstić information content (AvgIpc) is 3.26. The zero-order valence-corrected chi connectivity index (χ0v) is 28.4. The van der Waals surface area contributed by atoms with E-state index in [0.717, 1.165) is 23.3 Å². The fraction of sp³-hybridized carbons (Fsp3) is 0.581. The molecule has 0 saturated carbocycles. The molecule has 0 unspecified atom stereocenters. The fourth-order valence-corrected chi connectivity index (χ4v) is 6.46. The van der Waals surface area contributed by atoms with Gasteiger partial charge >= 0.3 is 5.97 Å². The van der Waals surface area contributed by atoms with Crippen LogP contribution in [-0.4, -0.2) is 27.7 Å².